The summed E-state index contributed by atoms with van der Waals surface area (Å²) >= 11 is 5.64. The molecule has 7 heteroatoms. The number of nitrogens with two attached hydrogens (primary N) is 1. The summed E-state index contributed by atoms with van der Waals surface area (Å²) < 4.78 is 17.9. The maximum Gasteiger partial charge on any atom is 0.253 e. The molecule has 0 saturated heterocycles. The lowest BCUT2D eigenvalue weighted by Crippen LogP contribution is -2.47. The fourth-order valence-corrected chi connectivity index (χ4v) is 1.49. The van der Waals surface area contributed by atoms with Gasteiger partial charge in [-0.1, -0.05) is 17.7 Å². The highest BCUT2D eigenvalue weighted by Gasteiger charge is 2.21. The van der Waals surface area contributed by atoms with Gasteiger partial charge in [0, 0.05) is 7.11 Å². The number of halogens is 2. The van der Waals surface area contributed by atoms with Crippen LogP contribution in [0.1, 0.15) is 10.4 Å². The summed E-state index contributed by atoms with van der Waals surface area (Å²) in [7, 11) is 1.36. The molecule has 0 bridgehead atoms. The zero-order valence-corrected chi connectivity index (χ0v) is 10.3. The van der Waals surface area contributed by atoms with E-state index in [2.05, 4.69) is 5.32 Å². The maximum absolute atomic E-state index is 13.2. The molecule has 98 valence electrons. The summed E-state index contributed by atoms with van der Waals surface area (Å²) in [6.07, 6.45) is 0. The molecule has 1 unspecified atom stereocenters. The lowest BCUT2D eigenvalue weighted by molar-refractivity contribution is -0.121. The molecule has 5 nitrogen and oxygen atoms in total. The molecule has 18 heavy (non-hydrogen) atoms. The largest absolute Gasteiger partial charge is 0.382 e. The molecule has 1 rings (SSSR count). The van der Waals surface area contributed by atoms with Crippen LogP contribution in [0.3, 0.4) is 0 Å². The monoisotopic (exact) mass is 274 g/mol. The summed E-state index contributed by atoms with van der Waals surface area (Å²) in [6, 6.07) is 2.80. The molecule has 3 N–H and O–H groups in total. The molecule has 0 spiro atoms. The Labute approximate surface area is 108 Å². The Hall–Kier alpha value is -1.66. The SMILES string of the molecule is COCC(NC(=O)c1cccc(F)c1Cl)C(N)=O. The van der Waals surface area contributed by atoms with Gasteiger partial charge in [0.25, 0.3) is 5.91 Å². The fourth-order valence-electron chi connectivity index (χ4n) is 1.28. The van der Waals surface area contributed by atoms with E-state index in [4.69, 9.17) is 22.1 Å². The zero-order chi connectivity index (χ0) is 13.7. The van der Waals surface area contributed by atoms with Crippen molar-refractivity contribution in [1.29, 1.82) is 0 Å². The first-order valence-electron chi connectivity index (χ1n) is 5.00. The van der Waals surface area contributed by atoms with Crippen LogP contribution in [0.25, 0.3) is 0 Å². The summed E-state index contributed by atoms with van der Waals surface area (Å²) in [5.74, 6) is -2.16. The lowest BCUT2D eigenvalue weighted by atomic mass is 10.2. The fraction of sp³-hybridized carbons (Fsp3) is 0.273. The Balaban J connectivity index is 2.87. The van der Waals surface area contributed by atoms with Crippen LogP contribution in [0.5, 0.6) is 0 Å². The summed E-state index contributed by atoms with van der Waals surface area (Å²) in [6.45, 7) is -0.0754. The minimum atomic E-state index is -0.998. The van der Waals surface area contributed by atoms with Crippen LogP contribution >= 0.6 is 11.6 Å². The van der Waals surface area contributed by atoms with E-state index >= 15 is 0 Å². The first-order valence-corrected chi connectivity index (χ1v) is 5.38. The Morgan fingerprint density at radius 1 is 1.56 bits per heavy atom. The second kappa shape index (κ2) is 6.32. The van der Waals surface area contributed by atoms with E-state index in [9.17, 15) is 14.0 Å². The van der Waals surface area contributed by atoms with Gasteiger partial charge in [-0.3, -0.25) is 9.59 Å². The van der Waals surface area contributed by atoms with Gasteiger partial charge >= 0.3 is 0 Å². The molecule has 0 aliphatic carbocycles. The number of ether oxygens (including phenoxy) is 1. The number of carbonyl (C=O) groups is 2. The number of rotatable bonds is 5. The van der Waals surface area contributed by atoms with Crippen LogP contribution in [0.2, 0.25) is 5.02 Å². The van der Waals surface area contributed by atoms with Crippen molar-refractivity contribution in [2.24, 2.45) is 5.73 Å². The number of hydrogen-bond donors (Lipinski definition) is 2. The second-order valence-corrected chi connectivity index (χ2v) is 3.86. The van der Waals surface area contributed by atoms with E-state index in [0.717, 1.165) is 6.07 Å². The summed E-state index contributed by atoms with van der Waals surface area (Å²) in [4.78, 5) is 22.8. The third-order valence-corrected chi connectivity index (χ3v) is 2.56. The van der Waals surface area contributed by atoms with Crippen molar-refractivity contribution in [3.05, 3.63) is 34.6 Å². The number of hydrogen-bond acceptors (Lipinski definition) is 3. The molecule has 0 aromatic heterocycles. The van der Waals surface area contributed by atoms with Crippen molar-refractivity contribution in [3.63, 3.8) is 0 Å². The molecule has 0 aliphatic heterocycles. The van der Waals surface area contributed by atoms with Gasteiger partial charge in [-0.25, -0.2) is 4.39 Å². The number of benzene rings is 1. The van der Waals surface area contributed by atoms with Crippen LogP contribution < -0.4 is 11.1 Å². The van der Waals surface area contributed by atoms with Gasteiger partial charge < -0.3 is 15.8 Å². The smallest absolute Gasteiger partial charge is 0.253 e. The normalized spacial score (nSPS) is 11.9. The zero-order valence-electron chi connectivity index (χ0n) is 9.57. The van der Waals surface area contributed by atoms with E-state index in [1.807, 2.05) is 0 Å². The van der Waals surface area contributed by atoms with Crippen LogP contribution in [0, 0.1) is 5.82 Å². The average Bonchev–Trinajstić information content (AvgIpc) is 2.31. The van der Waals surface area contributed by atoms with Gasteiger partial charge in [0.2, 0.25) is 5.91 Å². The van der Waals surface area contributed by atoms with Gasteiger partial charge in [0.15, 0.2) is 0 Å². The Kier molecular flexibility index (Phi) is 5.06. The van der Waals surface area contributed by atoms with Gasteiger partial charge in [-0.15, -0.1) is 0 Å². The van der Waals surface area contributed by atoms with Crippen LogP contribution in [-0.4, -0.2) is 31.6 Å². The highest BCUT2D eigenvalue weighted by Crippen LogP contribution is 2.19. The van der Waals surface area contributed by atoms with Crippen molar-refractivity contribution in [1.82, 2.24) is 5.32 Å². The van der Waals surface area contributed by atoms with Crippen molar-refractivity contribution >= 4 is 23.4 Å². The summed E-state index contributed by atoms with van der Waals surface area (Å²) in [5.41, 5.74) is 5.01. The molecule has 0 fully saturated rings. The number of amides is 2. The van der Waals surface area contributed by atoms with Crippen molar-refractivity contribution in [3.8, 4) is 0 Å². The van der Waals surface area contributed by atoms with Crippen molar-refractivity contribution in [2.75, 3.05) is 13.7 Å². The molecule has 1 aromatic rings. The standard InChI is InChI=1S/C11H12ClFN2O3/c1-18-5-8(10(14)16)15-11(17)6-3-2-4-7(13)9(6)12/h2-4,8H,5H2,1H3,(H2,14,16)(H,15,17). The van der Waals surface area contributed by atoms with Crippen molar-refractivity contribution in [2.45, 2.75) is 6.04 Å². The topological polar surface area (TPSA) is 81.4 Å². The molecular weight excluding hydrogens is 263 g/mol. The molecule has 0 heterocycles. The van der Waals surface area contributed by atoms with Gasteiger partial charge in [0.05, 0.1) is 17.2 Å². The Morgan fingerprint density at radius 2 is 2.22 bits per heavy atom. The highest BCUT2D eigenvalue weighted by atomic mass is 35.5. The van der Waals surface area contributed by atoms with Crippen LogP contribution in [-0.2, 0) is 9.53 Å². The van der Waals surface area contributed by atoms with Crippen molar-refractivity contribution < 1.29 is 18.7 Å². The predicted octanol–water partition coefficient (Wildman–Crippen LogP) is 0.709. The maximum atomic E-state index is 13.2. The summed E-state index contributed by atoms with van der Waals surface area (Å²) in [5, 5.41) is 2.00. The second-order valence-electron chi connectivity index (χ2n) is 3.49. The van der Waals surface area contributed by atoms with E-state index in [0.29, 0.717) is 0 Å². The van der Waals surface area contributed by atoms with Gasteiger partial charge in [-0.05, 0) is 12.1 Å². The number of primary amides is 1. The van der Waals surface area contributed by atoms with E-state index in [1.165, 1.54) is 19.2 Å². The molecule has 1 aromatic carbocycles. The third-order valence-electron chi connectivity index (χ3n) is 2.18. The average molecular weight is 275 g/mol. The number of methoxy groups -OCH3 is 1. The Bertz CT molecular complexity index is 468. The quantitative estimate of drug-likeness (QED) is 0.830. The molecule has 2 amide bonds. The van der Waals surface area contributed by atoms with Crippen LogP contribution in [0.15, 0.2) is 18.2 Å². The first kappa shape index (κ1) is 14.4. The minimum absolute atomic E-state index is 0.0704. The van der Waals surface area contributed by atoms with E-state index < -0.39 is 23.7 Å². The Morgan fingerprint density at radius 3 is 2.78 bits per heavy atom. The van der Waals surface area contributed by atoms with Crippen LogP contribution in [0.4, 0.5) is 4.39 Å². The number of carbonyl (C=O) groups excluding carboxylic acids is 2. The van der Waals surface area contributed by atoms with Gasteiger partial charge in [0.1, 0.15) is 11.9 Å². The third kappa shape index (κ3) is 3.41. The van der Waals surface area contributed by atoms with Gasteiger partial charge in [-0.2, -0.15) is 0 Å². The first-order chi connectivity index (χ1) is 8.47. The number of nitrogens with one attached hydrogen (secondary N) is 1. The molecule has 0 radical (unpaired) electrons. The predicted molar refractivity (Wildman–Crippen MR) is 63.7 cm³/mol. The molecule has 1 atom stereocenters. The lowest BCUT2D eigenvalue weighted by Gasteiger charge is -2.14. The molecular formula is C11H12ClFN2O3. The highest BCUT2D eigenvalue weighted by molar-refractivity contribution is 6.34. The van der Waals surface area contributed by atoms with E-state index in [1.54, 1.807) is 0 Å². The van der Waals surface area contributed by atoms with E-state index in [-0.39, 0.29) is 17.2 Å². The molecule has 0 aliphatic rings. The molecule has 0 saturated carbocycles. The minimum Gasteiger partial charge on any atom is -0.382 e.